The fraction of sp³-hybridized carbons (Fsp3) is 0.467. The van der Waals surface area contributed by atoms with Gasteiger partial charge in [-0.1, -0.05) is 19.1 Å². The van der Waals surface area contributed by atoms with Crippen molar-refractivity contribution in [1.29, 1.82) is 0 Å². The summed E-state index contributed by atoms with van der Waals surface area (Å²) in [5.74, 6) is 1.24. The molecule has 1 aromatic rings. The smallest absolute Gasteiger partial charge is 0.254 e. The van der Waals surface area contributed by atoms with Crippen LogP contribution in [0, 0.1) is 0 Å². The minimum atomic E-state index is -0.0427. The second kappa shape index (κ2) is 6.76. The Morgan fingerprint density at radius 2 is 2.14 bits per heavy atom. The van der Waals surface area contributed by atoms with Gasteiger partial charge in [0.05, 0.1) is 4.99 Å². The lowest BCUT2D eigenvalue weighted by molar-refractivity contribution is 0.0694. The highest BCUT2D eigenvalue weighted by atomic mass is 32.1. The zero-order valence-corrected chi connectivity index (χ0v) is 13.1. The highest BCUT2D eigenvalue weighted by molar-refractivity contribution is 7.80. The summed E-state index contributed by atoms with van der Waals surface area (Å²) in [6.45, 7) is 4.79. The first-order valence-electron chi connectivity index (χ1n) is 7.01. The number of carbonyl (C=O) groups excluding carboxylic acids is 1. The topological polar surface area (TPSA) is 64.8 Å². The standard InChI is InChI=1S/C15H20N2O3S/c1-3-10(2)17(7-6-14(16)21)15(18)11-4-5-12-13(8-11)20-9-19-12/h4-5,8,10H,3,6-7,9H2,1-2H3,(H2,16,21). The van der Waals surface area contributed by atoms with E-state index < -0.39 is 0 Å². The Bertz CT molecular complexity index is 548. The lowest BCUT2D eigenvalue weighted by atomic mass is 10.1. The summed E-state index contributed by atoms with van der Waals surface area (Å²) in [6.07, 6.45) is 1.39. The molecule has 114 valence electrons. The number of hydrogen-bond donors (Lipinski definition) is 1. The molecule has 1 heterocycles. The van der Waals surface area contributed by atoms with Gasteiger partial charge in [-0.3, -0.25) is 4.79 Å². The number of amides is 1. The van der Waals surface area contributed by atoms with Crippen LogP contribution in [0.2, 0.25) is 0 Å². The van der Waals surface area contributed by atoms with Crippen LogP contribution in [-0.2, 0) is 0 Å². The van der Waals surface area contributed by atoms with Gasteiger partial charge >= 0.3 is 0 Å². The molecule has 1 atom stereocenters. The molecule has 1 unspecified atom stereocenters. The summed E-state index contributed by atoms with van der Waals surface area (Å²) in [4.78, 5) is 14.9. The van der Waals surface area contributed by atoms with Gasteiger partial charge in [-0.2, -0.15) is 0 Å². The number of fused-ring (bicyclic) bond motifs is 1. The van der Waals surface area contributed by atoms with Gasteiger partial charge in [-0.15, -0.1) is 0 Å². The van der Waals surface area contributed by atoms with E-state index in [9.17, 15) is 4.79 Å². The predicted octanol–water partition coefficient (Wildman–Crippen LogP) is 2.33. The molecule has 0 spiro atoms. The van der Waals surface area contributed by atoms with Crippen molar-refractivity contribution in [3.63, 3.8) is 0 Å². The molecule has 0 aliphatic carbocycles. The maximum absolute atomic E-state index is 12.7. The van der Waals surface area contributed by atoms with Crippen molar-refractivity contribution in [3.8, 4) is 11.5 Å². The Kier molecular flexibility index (Phi) is 5.01. The third-order valence-electron chi connectivity index (χ3n) is 3.60. The van der Waals surface area contributed by atoms with Crippen molar-refractivity contribution in [3.05, 3.63) is 23.8 Å². The summed E-state index contributed by atoms with van der Waals surface area (Å²) < 4.78 is 10.6. The third-order valence-corrected chi connectivity index (χ3v) is 3.81. The second-order valence-corrected chi connectivity index (χ2v) is 5.56. The van der Waals surface area contributed by atoms with E-state index in [0.29, 0.717) is 35.0 Å². The van der Waals surface area contributed by atoms with Gasteiger partial charge in [-0.25, -0.2) is 0 Å². The summed E-state index contributed by atoms with van der Waals surface area (Å²) in [5.41, 5.74) is 6.14. The van der Waals surface area contributed by atoms with E-state index in [4.69, 9.17) is 27.4 Å². The number of thiocarbonyl (C=S) groups is 1. The van der Waals surface area contributed by atoms with E-state index in [1.54, 1.807) is 23.1 Å². The van der Waals surface area contributed by atoms with Crippen LogP contribution < -0.4 is 15.2 Å². The van der Waals surface area contributed by atoms with Crippen molar-refractivity contribution in [2.24, 2.45) is 5.73 Å². The lowest BCUT2D eigenvalue weighted by Gasteiger charge is -2.28. The Hall–Kier alpha value is -1.82. The molecule has 0 bridgehead atoms. The first kappa shape index (κ1) is 15.6. The number of nitrogens with two attached hydrogens (primary N) is 1. The maximum atomic E-state index is 12.7. The highest BCUT2D eigenvalue weighted by Crippen LogP contribution is 2.33. The molecule has 21 heavy (non-hydrogen) atoms. The van der Waals surface area contributed by atoms with Gasteiger partial charge in [0.1, 0.15) is 0 Å². The van der Waals surface area contributed by atoms with Crippen molar-refractivity contribution >= 4 is 23.1 Å². The maximum Gasteiger partial charge on any atom is 0.254 e. The van der Waals surface area contributed by atoms with Crippen molar-refractivity contribution < 1.29 is 14.3 Å². The van der Waals surface area contributed by atoms with Gasteiger partial charge in [0.15, 0.2) is 11.5 Å². The Labute approximate surface area is 130 Å². The second-order valence-electron chi connectivity index (χ2n) is 5.04. The van der Waals surface area contributed by atoms with E-state index in [1.807, 2.05) is 13.8 Å². The molecule has 5 nitrogen and oxygen atoms in total. The molecule has 0 fully saturated rings. The minimum absolute atomic E-state index is 0.0427. The van der Waals surface area contributed by atoms with Gasteiger partial charge in [0.2, 0.25) is 6.79 Å². The van der Waals surface area contributed by atoms with Crippen LogP contribution in [0.4, 0.5) is 0 Å². The van der Waals surface area contributed by atoms with E-state index >= 15 is 0 Å². The molecule has 1 aliphatic heterocycles. The highest BCUT2D eigenvalue weighted by Gasteiger charge is 2.23. The number of ether oxygens (including phenoxy) is 2. The molecule has 1 aromatic carbocycles. The third kappa shape index (κ3) is 3.64. The van der Waals surface area contributed by atoms with E-state index in [1.165, 1.54) is 0 Å². The summed E-state index contributed by atoms with van der Waals surface area (Å²) in [7, 11) is 0. The SMILES string of the molecule is CCC(C)N(CCC(N)=S)C(=O)c1ccc2c(c1)OCO2. The molecule has 6 heteroatoms. The summed E-state index contributed by atoms with van der Waals surface area (Å²) >= 11 is 4.91. The zero-order valence-electron chi connectivity index (χ0n) is 12.3. The van der Waals surface area contributed by atoms with Crippen LogP contribution in [0.15, 0.2) is 18.2 Å². The summed E-state index contributed by atoms with van der Waals surface area (Å²) in [6, 6.07) is 5.36. The monoisotopic (exact) mass is 308 g/mol. The molecule has 1 aliphatic rings. The minimum Gasteiger partial charge on any atom is -0.454 e. The number of hydrogen-bond acceptors (Lipinski definition) is 4. The van der Waals surface area contributed by atoms with Crippen molar-refractivity contribution in [2.45, 2.75) is 32.7 Å². The lowest BCUT2D eigenvalue weighted by Crippen LogP contribution is -2.40. The van der Waals surface area contributed by atoms with E-state index in [2.05, 4.69) is 0 Å². The molecule has 0 radical (unpaired) electrons. The molecular weight excluding hydrogens is 288 g/mol. The van der Waals surface area contributed by atoms with Crippen LogP contribution in [-0.4, -0.2) is 35.2 Å². The number of benzene rings is 1. The van der Waals surface area contributed by atoms with Crippen LogP contribution in [0.5, 0.6) is 11.5 Å². The molecule has 2 rings (SSSR count). The fourth-order valence-electron chi connectivity index (χ4n) is 2.17. The Balaban J connectivity index is 2.18. The molecule has 0 aromatic heterocycles. The van der Waals surface area contributed by atoms with Crippen LogP contribution in [0.3, 0.4) is 0 Å². The van der Waals surface area contributed by atoms with E-state index in [0.717, 1.165) is 6.42 Å². The summed E-state index contributed by atoms with van der Waals surface area (Å²) in [5, 5.41) is 0. The predicted molar refractivity (Wildman–Crippen MR) is 84.8 cm³/mol. The molecule has 1 amide bonds. The molecular formula is C15H20N2O3S. The first-order chi connectivity index (χ1) is 10.0. The van der Waals surface area contributed by atoms with Gasteiger partial charge in [-0.05, 0) is 31.5 Å². The van der Waals surface area contributed by atoms with Crippen molar-refractivity contribution in [1.82, 2.24) is 4.90 Å². The van der Waals surface area contributed by atoms with Gasteiger partial charge < -0.3 is 20.1 Å². The average Bonchev–Trinajstić information content (AvgIpc) is 2.93. The number of carbonyl (C=O) groups is 1. The molecule has 0 saturated heterocycles. The van der Waals surface area contributed by atoms with Gasteiger partial charge in [0.25, 0.3) is 5.91 Å². The fourth-order valence-corrected chi connectivity index (χ4v) is 2.26. The van der Waals surface area contributed by atoms with E-state index in [-0.39, 0.29) is 18.7 Å². The number of rotatable bonds is 6. The van der Waals surface area contributed by atoms with Crippen LogP contribution in [0.1, 0.15) is 37.0 Å². The van der Waals surface area contributed by atoms with Gasteiger partial charge in [0, 0.05) is 24.6 Å². The van der Waals surface area contributed by atoms with Crippen LogP contribution >= 0.6 is 12.2 Å². The normalized spacial score (nSPS) is 13.8. The van der Waals surface area contributed by atoms with Crippen molar-refractivity contribution in [2.75, 3.05) is 13.3 Å². The largest absolute Gasteiger partial charge is 0.454 e. The zero-order chi connectivity index (χ0) is 15.4. The van der Waals surface area contributed by atoms with Crippen LogP contribution in [0.25, 0.3) is 0 Å². The molecule has 0 saturated carbocycles. The Morgan fingerprint density at radius 1 is 1.43 bits per heavy atom. The quantitative estimate of drug-likeness (QED) is 0.817. The Morgan fingerprint density at radius 3 is 2.81 bits per heavy atom. The first-order valence-corrected chi connectivity index (χ1v) is 7.42. The average molecular weight is 308 g/mol. The number of nitrogens with zero attached hydrogens (tertiary/aromatic N) is 1. The molecule has 2 N–H and O–H groups in total.